The van der Waals surface area contributed by atoms with Crippen LogP contribution >= 0.6 is 0 Å². The smallest absolute Gasteiger partial charge is 0.240 e. The van der Waals surface area contributed by atoms with E-state index in [1.165, 1.54) is 65.3 Å². The topological polar surface area (TPSA) is 48.5 Å². The van der Waals surface area contributed by atoms with E-state index in [9.17, 15) is 0 Å². The fraction of sp³-hybridized carbons (Fsp3) is 0. The molecule has 1 aliphatic carbocycles. The zero-order chi connectivity index (χ0) is 49.5. The average Bonchev–Trinajstić information content (AvgIpc) is 4.02. The predicted molar refractivity (Wildman–Crippen MR) is 313 cm³/mol. The van der Waals surface area contributed by atoms with Crippen LogP contribution in [-0.2, 0) is 0 Å². The summed E-state index contributed by atoms with van der Waals surface area (Å²) in [6.45, 7) is 0. The standard InChI is InChI=1S/C69H45N5Si/c1-3-23-47(24-4-1)75(48-25-5-2-6-26-48,50-42-43-57-55-32-10-9-30-53(55)51-28-7-8-29-52(51)54-31-11-12-33-56(54)62(57)45-50)49-27-21-22-46(44-49)67-70-68(73-63-38-17-13-34-58(63)59-35-14-18-39-64(59)73)72-69(71-67)74-65-40-19-15-36-60(65)61-37-16-20-41-66(61)74/h1-45H. The van der Waals surface area contributed by atoms with Crippen LogP contribution in [0.25, 0.3) is 111 Å². The molecule has 75 heavy (non-hydrogen) atoms. The lowest BCUT2D eigenvalue weighted by molar-refractivity contribution is 0.893. The highest BCUT2D eigenvalue weighted by atomic mass is 28.3. The summed E-state index contributed by atoms with van der Waals surface area (Å²) in [7, 11) is -3.20. The van der Waals surface area contributed by atoms with E-state index in [1.54, 1.807) is 0 Å². The van der Waals surface area contributed by atoms with E-state index in [0.717, 1.165) is 49.2 Å². The molecule has 350 valence electrons. The summed E-state index contributed by atoms with van der Waals surface area (Å²) in [6, 6.07) is 99.7. The fourth-order valence-corrected chi connectivity index (χ4v) is 17.1. The normalized spacial score (nSPS) is 12.0. The van der Waals surface area contributed by atoms with Crippen LogP contribution in [0.5, 0.6) is 0 Å². The second kappa shape index (κ2) is 17.2. The van der Waals surface area contributed by atoms with Gasteiger partial charge in [-0.2, -0.15) is 15.0 Å². The van der Waals surface area contributed by atoms with Gasteiger partial charge >= 0.3 is 0 Å². The molecule has 0 amide bonds. The molecular weight excluding hydrogens is 927 g/mol. The minimum absolute atomic E-state index is 0.552. The summed E-state index contributed by atoms with van der Waals surface area (Å²) in [5.74, 6) is 1.69. The van der Waals surface area contributed by atoms with Gasteiger partial charge in [0.25, 0.3) is 0 Å². The van der Waals surface area contributed by atoms with E-state index in [1.807, 2.05) is 0 Å². The van der Waals surface area contributed by atoms with Crippen molar-refractivity contribution in [2.75, 3.05) is 0 Å². The van der Waals surface area contributed by atoms with Gasteiger partial charge in [-0.15, -0.1) is 0 Å². The van der Waals surface area contributed by atoms with Gasteiger partial charge in [0.05, 0.1) is 22.1 Å². The van der Waals surface area contributed by atoms with Crippen LogP contribution in [-0.4, -0.2) is 32.2 Å². The van der Waals surface area contributed by atoms with E-state index in [4.69, 9.17) is 15.0 Å². The molecular formula is C69H45N5Si. The first kappa shape index (κ1) is 42.9. The molecule has 0 fully saturated rings. The first-order chi connectivity index (χ1) is 37.2. The van der Waals surface area contributed by atoms with Gasteiger partial charge < -0.3 is 0 Å². The molecule has 11 aromatic carbocycles. The molecule has 1 aliphatic rings. The molecule has 0 spiro atoms. The summed E-state index contributed by atoms with van der Waals surface area (Å²) in [6.07, 6.45) is 0. The second-order valence-electron chi connectivity index (χ2n) is 19.5. The highest BCUT2D eigenvalue weighted by molar-refractivity contribution is 7.20. The van der Waals surface area contributed by atoms with Crippen LogP contribution in [0.3, 0.4) is 0 Å². The number of aromatic nitrogens is 5. The third-order valence-electron chi connectivity index (χ3n) is 15.5. The van der Waals surface area contributed by atoms with Gasteiger partial charge in [0.1, 0.15) is 0 Å². The summed E-state index contributed by atoms with van der Waals surface area (Å²) in [5, 5.41) is 9.64. The molecule has 0 atom stereocenters. The molecule has 0 unspecified atom stereocenters. The average molecular weight is 972 g/mol. The highest BCUT2D eigenvalue weighted by Crippen LogP contribution is 2.47. The minimum Gasteiger partial charge on any atom is -0.278 e. The van der Waals surface area contributed by atoms with Crippen molar-refractivity contribution in [3.63, 3.8) is 0 Å². The molecule has 0 aliphatic heterocycles. The lowest BCUT2D eigenvalue weighted by Crippen LogP contribution is -2.74. The van der Waals surface area contributed by atoms with Crippen LogP contribution < -0.4 is 20.7 Å². The summed E-state index contributed by atoms with van der Waals surface area (Å²) < 4.78 is 4.41. The predicted octanol–water partition coefficient (Wildman–Crippen LogP) is 14.1. The van der Waals surface area contributed by atoms with E-state index in [0.29, 0.717) is 17.7 Å². The maximum absolute atomic E-state index is 5.54. The summed E-state index contributed by atoms with van der Waals surface area (Å²) >= 11 is 0. The Bertz CT molecular complexity index is 4270. The Morgan fingerprint density at radius 2 is 0.573 bits per heavy atom. The van der Waals surface area contributed by atoms with Gasteiger partial charge in [0, 0.05) is 27.1 Å². The van der Waals surface area contributed by atoms with E-state index in [2.05, 4.69) is 282 Å². The lowest BCUT2D eigenvalue weighted by atomic mass is 9.81. The van der Waals surface area contributed by atoms with Crippen LogP contribution in [0, 0.1) is 0 Å². The minimum atomic E-state index is -3.20. The zero-order valence-electron chi connectivity index (χ0n) is 40.7. The van der Waals surface area contributed by atoms with Gasteiger partial charge in [-0.3, -0.25) is 9.13 Å². The van der Waals surface area contributed by atoms with Crippen LogP contribution in [0.15, 0.2) is 273 Å². The Morgan fingerprint density at radius 3 is 1.00 bits per heavy atom. The van der Waals surface area contributed by atoms with E-state index < -0.39 is 8.07 Å². The number of fused-ring (bicyclic) bond motifs is 14. The molecule has 0 saturated carbocycles. The summed E-state index contributed by atoms with van der Waals surface area (Å²) in [5.41, 5.74) is 14.8. The van der Waals surface area contributed by atoms with E-state index >= 15 is 0 Å². The van der Waals surface area contributed by atoms with Crippen LogP contribution in [0.4, 0.5) is 0 Å². The third kappa shape index (κ3) is 6.60. The van der Waals surface area contributed by atoms with E-state index in [-0.39, 0.29) is 0 Å². The number of nitrogens with zero attached hydrogens (tertiary/aromatic N) is 5. The maximum atomic E-state index is 5.54. The summed E-state index contributed by atoms with van der Waals surface area (Å²) in [4.78, 5) is 16.6. The fourth-order valence-electron chi connectivity index (χ4n) is 12.3. The Kier molecular flexibility index (Phi) is 9.83. The molecule has 3 heterocycles. The van der Waals surface area contributed by atoms with Crippen LogP contribution in [0.2, 0.25) is 0 Å². The van der Waals surface area contributed by atoms with Crippen LogP contribution in [0.1, 0.15) is 0 Å². The molecule has 6 heteroatoms. The number of benzene rings is 11. The largest absolute Gasteiger partial charge is 0.278 e. The van der Waals surface area contributed by atoms with Crippen molar-refractivity contribution in [2.24, 2.45) is 0 Å². The monoisotopic (exact) mass is 971 g/mol. The molecule has 3 aromatic heterocycles. The van der Waals surface area contributed by atoms with Crippen molar-refractivity contribution >= 4 is 72.4 Å². The second-order valence-corrected chi connectivity index (χ2v) is 23.3. The SMILES string of the molecule is c1ccc([Si](c2ccccc2)(c2cccc(-c3nc(-n4c5ccccc5c5ccccc54)nc(-n4c5ccccc5c5ccccc54)n3)c2)c2ccc3c(c2)-c2ccccc2-c2ccccc2-c2ccccc2-3)cc1. The number of rotatable bonds is 7. The Hall–Kier alpha value is -9.75. The van der Waals surface area contributed by atoms with Crippen molar-refractivity contribution in [1.82, 2.24) is 24.1 Å². The molecule has 15 rings (SSSR count). The van der Waals surface area contributed by atoms with Gasteiger partial charge in [-0.05, 0) is 89.5 Å². The third-order valence-corrected chi connectivity index (χ3v) is 20.3. The first-order valence-corrected chi connectivity index (χ1v) is 27.6. The van der Waals surface area contributed by atoms with Crippen molar-refractivity contribution in [1.29, 1.82) is 0 Å². The van der Waals surface area contributed by atoms with Crippen molar-refractivity contribution in [3.8, 4) is 67.8 Å². The molecule has 0 N–H and O–H groups in total. The lowest BCUT2D eigenvalue weighted by Gasteiger charge is -2.35. The first-order valence-electron chi connectivity index (χ1n) is 25.6. The van der Waals surface area contributed by atoms with Crippen molar-refractivity contribution < 1.29 is 0 Å². The number of para-hydroxylation sites is 4. The van der Waals surface area contributed by atoms with Gasteiger partial charge in [0.2, 0.25) is 11.9 Å². The zero-order valence-corrected chi connectivity index (χ0v) is 41.7. The Labute approximate surface area is 435 Å². The quantitative estimate of drug-likeness (QED) is 0.118. The molecule has 0 radical (unpaired) electrons. The molecule has 14 aromatic rings. The van der Waals surface area contributed by atoms with Gasteiger partial charge in [0.15, 0.2) is 13.9 Å². The van der Waals surface area contributed by atoms with Gasteiger partial charge in [-0.1, -0.05) is 249 Å². The Balaban J connectivity index is 1.01. The number of hydrogen-bond donors (Lipinski definition) is 0. The molecule has 0 bridgehead atoms. The number of hydrogen-bond acceptors (Lipinski definition) is 3. The molecule has 5 nitrogen and oxygen atoms in total. The van der Waals surface area contributed by atoms with Crippen molar-refractivity contribution in [3.05, 3.63) is 273 Å². The highest BCUT2D eigenvalue weighted by Gasteiger charge is 2.42. The van der Waals surface area contributed by atoms with Crippen molar-refractivity contribution in [2.45, 2.75) is 0 Å². The maximum Gasteiger partial charge on any atom is 0.240 e. The molecule has 0 saturated heterocycles. The van der Waals surface area contributed by atoms with Gasteiger partial charge in [-0.25, -0.2) is 0 Å². The Morgan fingerprint density at radius 1 is 0.240 bits per heavy atom.